The van der Waals surface area contributed by atoms with Gasteiger partial charge in [-0.3, -0.25) is 0 Å². The van der Waals surface area contributed by atoms with Crippen LogP contribution in [0.4, 0.5) is 8.78 Å². The quantitative estimate of drug-likeness (QED) is 0.901. The highest BCUT2D eigenvalue weighted by molar-refractivity contribution is 5.38. The lowest BCUT2D eigenvalue weighted by Gasteiger charge is -2.31. The van der Waals surface area contributed by atoms with Gasteiger partial charge in [-0.15, -0.1) is 0 Å². The molecule has 2 rings (SSSR count). The summed E-state index contributed by atoms with van der Waals surface area (Å²) in [6.45, 7) is 4.91. The summed E-state index contributed by atoms with van der Waals surface area (Å²) >= 11 is 0. The Labute approximate surface area is 113 Å². The summed E-state index contributed by atoms with van der Waals surface area (Å²) in [7, 11) is 0. The summed E-state index contributed by atoms with van der Waals surface area (Å²) in [4.78, 5) is 0. The average Bonchev–Trinajstić information content (AvgIpc) is 2.42. The van der Waals surface area contributed by atoms with Crippen LogP contribution in [-0.4, -0.2) is 19.2 Å². The Bertz CT molecular complexity index is 428. The van der Waals surface area contributed by atoms with E-state index in [-0.39, 0.29) is 5.56 Å². The first-order chi connectivity index (χ1) is 9.05. The van der Waals surface area contributed by atoms with Crippen LogP contribution in [0.25, 0.3) is 0 Å². The van der Waals surface area contributed by atoms with Crippen molar-refractivity contribution in [1.82, 2.24) is 5.32 Å². The summed E-state index contributed by atoms with van der Waals surface area (Å²) in [5, 5.41) is 2.94. The third kappa shape index (κ3) is 3.06. The predicted octanol–water partition coefficient (Wildman–Crippen LogP) is 3.63. The zero-order chi connectivity index (χ0) is 13.9. The molecular weight excluding hydrogens is 248 g/mol. The van der Waals surface area contributed by atoms with Gasteiger partial charge in [0.15, 0.2) is 0 Å². The van der Waals surface area contributed by atoms with Crippen molar-refractivity contribution in [2.24, 2.45) is 0 Å². The van der Waals surface area contributed by atoms with Gasteiger partial charge in [-0.1, -0.05) is 6.42 Å². The van der Waals surface area contributed by atoms with Gasteiger partial charge in [-0.25, -0.2) is 0 Å². The molecule has 1 saturated heterocycles. The highest BCUT2D eigenvalue weighted by atomic mass is 19.3. The molecule has 19 heavy (non-hydrogen) atoms. The van der Waals surface area contributed by atoms with E-state index in [9.17, 15) is 8.78 Å². The van der Waals surface area contributed by atoms with E-state index in [1.807, 2.05) is 6.92 Å². The van der Waals surface area contributed by atoms with Crippen LogP contribution in [0.1, 0.15) is 37.3 Å². The van der Waals surface area contributed by atoms with Crippen LogP contribution in [0, 0.1) is 6.92 Å². The largest absolute Gasteiger partial charge is 0.494 e. The van der Waals surface area contributed by atoms with Crippen LogP contribution in [0.15, 0.2) is 18.2 Å². The number of alkyl halides is 2. The first-order valence-corrected chi connectivity index (χ1v) is 6.91. The second kappa shape index (κ2) is 5.87. The number of piperidine rings is 1. The van der Waals surface area contributed by atoms with Crippen molar-refractivity contribution in [3.8, 4) is 5.75 Å². The molecule has 0 spiro atoms. The fraction of sp³-hybridized carbons (Fsp3) is 0.600. The number of benzene rings is 1. The molecule has 1 aliphatic rings. The third-order valence-electron chi connectivity index (χ3n) is 3.61. The van der Waals surface area contributed by atoms with E-state index >= 15 is 0 Å². The molecule has 1 aliphatic heterocycles. The number of hydrogen-bond donors (Lipinski definition) is 1. The fourth-order valence-electron chi connectivity index (χ4n) is 2.54. The van der Waals surface area contributed by atoms with Crippen LogP contribution in [-0.2, 0) is 5.92 Å². The first-order valence-electron chi connectivity index (χ1n) is 6.91. The smallest absolute Gasteiger partial charge is 0.288 e. The van der Waals surface area contributed by atoms with Gasteiger partial charge < -0.3 is 10.1 Å². The van der Waals surface area contributed by atoms with E-state index in [1.54, 1.807) is 19.1 Å². The molecule has 1 heterocycles. The lowest BCUT2D eigenvalue weighted by molar-refractivity contribution is -0.0513. The van der Waals surface area contributed by atoms with Crippen molar-refractivity contribution < 1.29 is 13.5 Å². The third-order valence-corrected chi connectivity index (χ3v) is 3.61. The molecule has 0 radical (unpaired) electrons. The molecule has 2 nitrogen and oxygen atoms in total. The van der Waals surface area contributed by atoms with E-state index in [1.165, 1.54) is 6.07 Å². The van der Waals surface area contributed by atoms with E-state index < -0.39 is 12.0 Å². The SMILES string of the molecule is CCOc1ccc(C(F)(F)C2CCCCN2)cc1C. The van der Waals surface area contributed by atoms with E-state index in [2.05, 4.69) is 5.32 Å². The molecule has 0 aliphatic carbocycles. The maximum Gasteiger partial charge on any atom is 0.288 e. The lowest BCUT2D eigenvalue weighted by atomic mass is 9.93. The maximum atomic E-state index is 14.4. The van der Waals surface area contributed by atoms with Crippen molar-refractivity contribution in [3.63, 3.8) is 0 Å². The number of halogens is 2. The lowest BCUT2D eigenvalue weighted by Crippen LogP contribution is -2.45. The Kier molecular flexibility index (Phi) is 4.40. The molecule has 1 unspecified atom stereocenters. The molecule has 0 amide bonds. The Balaban J connectivity index is 2.21. The highest BCUT2D eigenvalue weighted by Crippen LogP contribution is 2.37. The number of nitrogens with one attached hydrogen (secondary N) is 1. The zero-order valence-corrected chi connectivity index (χ0v) is 11.5. The molecule has 1 aromatic carbocycles. The summed E-state index contributed by atoms with van der Waals surface area (Å²) in [6.07, 6.45) is 2.37. The molecule has 4 heteroatoms. The maximum absolute atomic E-state index is 14.4. The van der Waals surface area contributed by atoms with E-state index in [4.69, 9.17) is 4.74 Å². The molecule has 1 atom stereocenters. The molecule has 1 aromatic rings. The minimum absolute atomic E-state index is 0.0767. The van der Waals surface area contributed by atoms with Crippen LogP contribution in [0.2, 0.25) is 0 Å². The zero-order valence-electron chi connectivity index (χ0n) is 11.5. The van der Waals surface area contributed by atoms with Gasteiger partial charge in [0.1, 0.15) is 5.75 Å². The predicted molar refractivity (Wildman–Crippen MR) is 71.9 cm³/mol. The van der Waals surface area contributed by atoms with Gasteiger partial charge in [0.2, 0.25) is 0 Å². The molecule has 1 N–H and O–H groups in total. The Morgan fingerprint density at radius 1 is 1.37 bits per heavy atom. The minimum Gasteiger partial charge on any atom is -0.494 e. The van der Waals surface area contributed by atoms with Crippen molar-refractivity contribution in [3.05, 3.63) is 29.3 Å². The van der Waals surface area contributed by atoms with E-state index in [0.29, 0.717) is 25.3 Å². The van der Waals surface area contributed by atoms with Crippen molar-refractivity contribution >= 4 is 0 Å². The summed E-state index contributed by atoms with van der Waals surface area (Å²) in [5.74, 6) is -2.14. The van der Waals surface area contributed by atoms with Gasteiger partial charge in [0, 0.05) is 5.56 Å². The molecule has 0 aromatic heterocycles. The van der Waals surface area contributed by atoms with Crippen LogP contribution >= 0.6 is 0 Å². The molecule has 1 fully saturated rings. The normalized spacial score (nSPS) is 20.3. The minimum atomic E-state index is -2.82. The standard InChI is InChI=1S/C15H21F2NO/c1-3-19-13-8-7-12(10-11(13)2)15(16,17)14-6-4-5-9-18-14/h7-8,10,14,18H,3-6,9H2,1-2H3. The summed E-state index contributed by atoms with van der Waals surface area (Å²) in [6, 6.07) is 3.92. The van der Waals surface area contributed by atoms with Crippen molar-refractivity contribution in [2.75, 3.05) is 13.2 Å². The Hall–Kier alpha value is -1.16. The number of aryl methyl sites for hydroxylation is 1. The number of hydrogen-bond acceptors (Lipinski definition) is 2. The molecule has 0 bridgehead atoms. The first kappa shape index (κ1) is 14.3. The van der Waals surface area contributed by atoms with Gasteiger partial charge in [-0.05, 0) is 57.0 Å². The van der Waals surface area contributed by atoms with E-state index in [0.717, 1.165) is 18.4 Å². The Morgan fingerprint density at radius 3 is 2.74 bits per heavy atom. The molecular formula is C15H21F2NO. The second-order valence-corrected chi connectivity index (χ2v) is 5.04. The average molecular weight is 269 g/mol. The van der Waals surface area contributed by atoms with Crippen molar-refractivity contribution in [1.29, 1.82) is 0 Å². The summed E-state index contributed by atoms with van der Waals surface area (Å²) in [5.41, 5.74) is 0.836. The van der Waals surface area contributed by atoms with Gasteiger partial charge in [0.05, 0.1) is 12.6 Å². The topological polar surface area (TPSA) is 21.3 Å². The number of rotatable bonds is 4. The van der Waals surface area contributed by atoms with Crippen LogP contribution < -0.4 is 10.1 Å². The monoisotopic (exact) mass is 269 g/mol. The Morgan fingerprint density at radius 2 is 2.16 bits per heavy atom. The van der Waals surface area contributed by atoms with Crippen LogP contribution in [0.5, 0.6) is 5.75 Å². The number of ether oxygens (including phenoxy) is 1. The molecule has 0 saturated carbocycles. The van der Waals surface area contributed by atoms with Gasteiger partial charge in [-0.2, -0.15) is 8.78 Å². The summed E-state index contributed by atoms with van der Waals surface area (Å²) < 4.78 is 34.3. The van der Waals surface area contributed by atoms with Gasteiger partial charge in [0.25, 0.3) is 5.92 Å². The van der Waals surface area contributed by atoms with Gasteiger partial charge >= 0.3 is 0 Å². The fourth-order valence-corrected chi connectivity index (χ4v) is 2.54. The second-order valence-electron chi connectivity index (χ2n) is 5.04. The van der Waals surface area contributed by atoms with Crippen LogP contribution in [0.3, 0.4) is 0 Å². The van der Waals surface area contributed by atoms with Crippen molar-refractivity contribution in [2.45, 2.75) is 45.1 Å². The highest BCUT2D eigenvalue weighted by Gasteiger charge is 2.41. The molecule has 106 valence electrons.